The quantitative estimate of drug-likeness (QED) is 0.620. The van der Waals surface area contributed by atoms with Crippen molar-refractivity contribution in [2.75, 3.05) is 44.2 Å². The molecule has 31 heavy (non-hydrogen) atoms. The molecule has 0 aromatic heterocycles. The van der Waals surface area contributed by atoms with Crippen molar-refractivity contribution in [3.05, 3.63) is 24.0 Å². The van der Waals surface area contributed by atoms with Gasteiger partial charge >= 0.3 is 0 Å². The molecule has 4 rings (SSSR count). The normalized spacial score (nSPS) is 25.6. The molecule has 2 heterocycles. The Balaban J connectivity index is 1.28. The number of nitrogens with zero attached hydrogens (tertiary/aromatic N) is 3. The van der Waals surface area contributed by atoms with Crippen molar-refractivity contribution in [2.45, 2.75) is 52.1 Å². The molecule has 1 aromatic carbocycles. The smallest absolute Gasteiger partial charge is 0.232 e. The maximum Gasteiger partial charge on any atom is 0.232 e. The van der Waals surface area contributed by atoms with Crippen LogP contribution >= 0.6 is 0 Å². The predicted molar refractivity (Wildman–Crippen MR) is 118 cm³/mol. The molecule has 1 aliphatic carbocycles. The number of ether oxygens (including phenoxy) is 1. The average molecular weight is 432 g/mol. The van der Waals surface area contributed by atoms with Crippen LogP contribution in [-0.2, 0) is 9.59 Å². The minimum Gasteiger partial charge on any atom is -0.488 e. The van der Waals surface area contributed by atoms with Gasteiger partial charge in [-0.2, -0.15) is 0 Å². The number of halogens is 1. The van der Waals surface area contributed by atoms with E-state index in [0.717, 1.165) is 63.4 Å². The first-order chi connectivity index (χ1) is 14.9. The van der Waals surface area contributed by atoms with Crippen LogP contribution in [-0.4, -0.2) is 67.0 Å². The van der Waals surface area contributed by atoms with Crippen LogP contribution in [0.25, 0.3) is 0 Å². The van der Waals surface area contributed by atoms with E-state index in [4.69, 9.17) is 4.74 Å². The number of anilines is 1. The molecule has 1 saturated carbocycles. The zero-order valence-corrected chi connectivity index (χ0v) is 18.7. The summed E-state index contributed by atoms with van der Waals surface area (Å²) in [4.78, 5) is 30.5. The van der Waals surface area contributed by atoms with Crippen molar-refractivity contribution in [2.24, 2.45) is 11.8 Å². The van der Waals surface area contributed by atoms with E-state index in [-0.39, 0.29) is 35.6 Å². The lowest BCUT2D eigenvalue weighted by Crippen LogP contribution is -2.47. The van der Waals surface area contributed by atoms with Crippen molar-refractivity contribution in [3.63, 3.8) is 0 Å². The van der Waals surface area contributed by atoms with Crippen molar-refractivity contribution in [3.8, 4) is 5.75 Å². The summed E-state index contributed by atoms with van der Waals surface area (Å²) in [5.74, 6) is 0.0630. The van der Waals surface area contributed by atoms with E-state index >= 15 is 0 Å². The molecule has 2 saturated heterocycles. The van der Waals surface area contributed by atoms with Crippen molar-refractivity contribution in [1.82, 2.24) is 9.80 Å². The Morgan fingerprint density at radius 1 is 0.968 bits per heavy atom. The zero-order chi connectivity index (χ0) is 22.0. The van der Waals surface area contributed by atoms with Crippen LogP contribution in [0.1, 0.15) is 46.0 Å². The molecule has 170 valence electrons. The number of carbonyl (C=O) groups excluding carboxylic acids is 2. The maximum absolute atomic E-state index is 14.0. The summed E-state index contributed by atoms with van der Waals surface area (Å²) in [5, 5.41) is 0. The van der Waals surface area contributed by atoms with Crippen LogP contribution in [0.5, 0.6) is 5.75 Å². The predicted octanol–water partition coefficient (Wildman–Crippen LogP) is 3.30. The van der Waals surface area contributed by atoms with Gasteiger partial charge < -0.3 is 9.64 Å². The molecule has 7 heteroatoms. The number of imide groups is 1. The first-order valence-corrected chi connectivity index (χ1v) is 11.7. The maximum atomic E-state index is 14.0. The summed E-state index contributed by atoms with van der Waals surface area (Å²) < 4.78 is 20.2. The fraction of sp³-hybridized carbons (Fsp3) is 0.667. The second kappa shape index (κ2) is 9.55. The average Bonchev–Trinajstić information content (AvgIpc) is 3.35. The van der Waals surface area contributed by atoms with Crippen LogP contribution in [0, 0.1) is 17.7 Å². The number of hydrogen-bond acceptors (Lipinski definition) is 5. The first-order valence-electron chi connectivity index (χ1n) is 11.7. The molecule has 3 fully saturated rings. The number of benzene rings is 1. The third-order valence-corrected chi connectivity index (χ3v) is 7.15. The van der Waals surface area contributed by atoms with Gasteiger partial charge in [0.2, 0.25) is 11.8 Å². The molecule has 6 nitrogen and oxygen atoms in total. The summed E-state index contributed by atoms with van der Waals surface area (Å²) in [6.45, 7) is 8.36. The van der Waals surface area contributed by atoms with E-state index in [9.17, 15) is 14.0 Å². The molecule has 2 unspecified atom stereocenters. The molecule has 0 bridgehead atoms. The van der Waals surface area contributed by atoms with Gasteiger partial charge in [0.05, 0.1) is 11.8 Å². The molecule has 2 amide bonds. The van der Waals surface area contributed by atoms with Gasteiger partial charge in [-0.3, -0.25) is 19.4 Å². The lowest BCUT2D eigenvalue weighted by molar-refractivity contribution is -0.139. The molecule has 2 atom stereocenters. The van der Waals surface area contributed by atoms with E-state index in [1.54, 1.807) is 12.1 Å². The fourth-order valence-corrected chi connectivity index (χ4v) is 4.94. The number of hydrogen-bond donors (Lipinski definition) is 0. The largest absolute Gasteiger partial charge is 0.488 e. The third kappa shape index (κ3) is 4.86. The van der Waals surface area contributed by atoms with E-state index in [2.05, 4.69) is 9.80 Å². The lowest BCUT2D eigenvalue weighted by Gasteiger charge is -2.37. The molecule has 3 aliphatic rings. The Labute approximate surface area is 184 Å². The zero-order valence-electron chi connectivity index (χ0n) is 18.7. The second-order valence-corrected chi connectivity index (χ2v) is 9.22. The summed E-state index contributed by atoms with van der Waals surface area (Å²) in [6, 6.07) is 4.83. The Morgan fingerprint density at radius 3 is 2.26 bits per heavy atom. The van der Waals surface area contributed by atoms with Gasteiger partial charge in [-0.15, -0.1) is 0 Å². The van der Waals surface area contributed by atoms with Gasteiger partial charge in [0, 0.05) is 50.6 Å². The summed E-state index contributed by atoms with van der Waals surface area (Å²) in [6.07, 6.45) is 5.58. The van der Waals surface area contributed by atoms with Gasteiger partial charge in [0.25, 0.3) is 0 Å². The van der Waals surface area contributed by atoms with Crippen LogP contribution in [0.2, 0.25) is 0 Å². The highest BCUT2D eigenvalue weighted by molar-refractivity contribution is 6.04. The second-order valence-electron chi connectivity index (χ2n) is 9.22. The summed E-state index contributed by atoms with van der Waals surface area (Å²) >= 11 is 0. The van der Waals surface area contributed by atoms with Crippen molar-refractivity contribution < 1.29 is 18.7 Å². The summed E-state index contributed by atoms with van der Waals surface area (Å²) in [5.41, 5.74) is 0.850. The van der Waals surface area contributed by atoms with E-state index < -0.39 is 0 Å². The molecule has 0 spiro atoms. The Hall–Kier alpha value is -2.15. The number of carbonyl (C=O) groups is 2. The minimum absolute atomic E-state index is 0.0387. The number of piperazine rings is 1. The van der Waals surface area contributed by atoms with Crippen LogP contribution in [0.4, 0.5) is 10.1 Å². The van der Waals surface area contributed by atoms with Crippen LogP contribution < -0.4 is 9.64 Å². The standard InChI is InChI=1S/C24H34FN3O3/c1-17-18(2)24(30)28(23(17)29)11-5-10-26-12-14-27(15-13-26)21-16-19(25)8-9-22(21)31-20-6-3-4-7-20/h8-9,16-18,20H,3-7,10-15H2,1-2H3. The number of amides is 2. The molecule has 1 aromatic rings. The van der Waals surface area contributed by atoms with E-state index in [1.165, 1.54) is 23.8 Å². The number of rotatable bonds is 7. The van der Waals surface area contributed by atoms with Gasteiger partial charge in [0.15, 0.2) is 0 Å². The van der Waals surface area contributed by atoms with Gasteiger partial charge in [-0.25, -0.2) is 4.39 Å². The minimum atomic E-state index is -0.236. The first kappa shape index (κ1) is 22.1. The van der Waals surface area contributed by atoms with E-state index in [0.29, 0.717) is 6.54 Å². The highest BCUT2D eigenvalue weighted by Gasteiger charge is 2.41. The highest BCUT2D eigenvalue weighted by Crippen LogP contribution is 2.33. The Bertz CT molecular complexity index is 783. The molecule has 2 aliphatic heterocycles. The summed E-state index contributed by atoms with van der Waals surface area (Å²) in [7, 11) is 0. The van der Waals surface area contributed by atoms with Gasteiger partial charge in [-0.05, 0) is 50.8 Å². The molecular weight excluding hydrogens is 397 g/mol. The van der Waals surface area contributed by atoms with Crippen LogP contribution in [0.3, 0.4) is 0 Å². The third-order valence-electron chi connectivity index (χ3n) is 7.15. The molecular formula is C24H34FN3O3. The molecule has 0 radical (unpaired) electrons. The SMILES string of the molecule is CC1C(=O)N(CCCN2CCN(c3cc(F)ccc3OC3CCCC3)CC2)C(=O)C1C. The Morgan fingerprint density at radius 2 is 1.61 bits per heavy atom. The number of likely N-dealkylation sites (tertiary alicyclic amines) is 1. The van der Waals surface area contributed by atoms with Gasteiger partial charge in [0.1, 0.15) is 11.6 Å². The van der Waals surface area contributed by atoms with E-state index in [1.807, 2.05) is 13.8 Å². The van der Waals surface area contributed by atoms with Crippen molar-refractivity contribution >= 4 is 17.5 Å². The fourth-order valence-electron chi connectivity index (χ4n) is 4.94. The highest BCUT2D eigenvalue weighted by atomic mass is 19.1. The Kier molecular flexibility index (Phi) is 6.80. The van der Waals surface area contributed by atoms with Crippen LogP contribution in [0.15, 0.2) is 18.2 Å². The molecule has 0 N–H and O–H groups in total. The lowest BCUT2D eigenvalue weighted by atomic mass is 10.00. The monoisotopic (exact) mass is 431 g/mol. The topological polar surface area (TPSA) is 53.1 Å². The van der Waals surface area contributed by atoms with Crippen molar-refractivity contribution in [1.29, 1.82) is 0 Å². The van der Waals surface area contributed by atoms with Gasteiger partial charge in [-0.1, -0.05) is 13.8 Å².